The highest BCUT2D eigenvalue weighted by Crippen LogP contribution is 2.24. The summed E-state index contributed by atoms with van der Waals surface area (Å²) in [7, 11) is 0. The van der Waals surface area contributed by atoms with Crippen LogP contribution in [0.2, 0.25) is 0 Å². The van der Waals surface area contributed by atoms with Gasteiger partial charge in [0.1, 0.15) is 10.0 Å². The number of aryl methyl sites for hydroxylation is 2. The van der Waals surface area contributed by atoms with Crippen LogP contribution in [0, 0.1) is 6.92 Å². The first-order valence-corrected chi connectivity index (χ1v) is 10.7. The van der Waals surface area contributed by atoms with Gasteiger partial charge in [0, 0.05) is 30.3 Å². The summed E-state index contributed by atoms with van der Waals surface area (Å²) in [5.41, 5.74) is 3.34. The molecule has 0 spiro atoms. The van der Waals surface area contributed by atoms with Crippen LogP contribution in [-0.4, -0.2) is 27.8 Å². The maximum absolute atomic E-state index is 12.0. The van der Waals surface area contributed by atoms with Crippen LogP contribution in [0.1, 0.15) is 36.0 Å². The molecule has 3 rings (SSSR count). The molecule has 3 aromatic rings. The monoisotopic (exact) mass is 401 g/mol. The van der Waals surface area contributed by atoms with E-state index in [9.17, 15) is 4.79 Å². The number of hydrogen-bond donors (Lipinski definition) is 2. The van der Waals surface area contributed by atoms with Gasteiger partial charge in [-0.15, -0.1) is 21.5 Å². The van der Waals surface area contributed by atoms with Gasteiger partial charge >= 0.3 is 6.03 Å². The van der Waals surface area contributed by atoms with Crippen LogP contribution in [0.5, 0.6) is 0 Å². The quantitative estimate of drug-likeness (QED) is 0.574. The van der Waals surface area contributed by atoms with E-state index in [1.165, 1.54) is 16.9 Å². The maximum Gasteiger partial charge on any atom is 0.321 e. The molecule has 0 aliphatic carbocycles. The molecule has 0 unspecified atom stereocenters. The topological polar surface area (TPSA) is 79.8 Å². The molecular formula is C19H23N5OS2. The Bertz CT molecular complexity index is 872. The van der Waals surface area contributed by atoms with Crippen molar-refractivity contribution in [2.75, 3.05) is 11.9 Å². The highest BCUT2D eigenvalue weighted by molar-refractivity contribution is 7.15. The van der Waals surface area contributed by atoms with Crippen molar-refractivity contribution in [2.24, 2.45) is 0 Å². The first kappa shape index (κ1) is 19.4. The van der Waals surface area contributed by atoms with E-state index in [0.29, 0.717) is 18.1 Å². The molecule has 0 saturated heterocycles. The third-order valence-electron chi connectivity index (χ3n) is 3.95. The molecule has 0 saturated carbocycles. The number of rotatable bonds is 8. The Morgan fingerprint density at radius 3 is 2.74 bits per heavy atom. The van der Waals surface area contributed by atoms with E-state index in [1.807, 2.05) is 5.38 Å². The smallest absolute Gasteiger partial charge is 0.321 e. The number of unbranched alkanes of at least 4 members (excludes halogenated alkanes) is 1. The summed E-state index contributed by atoms with van der Waals surface area (Å²) in [4.78, 5) is 16.6. The highest BCUT2D eigenvalue weighted by atomic mass is 32.1. The molecule has 142 valence electrons. The molecule has 0 aliphatic rings. The van der Waals surface area contributed by atoms with E-state index in [2.05, 4.69) is 63.9 Å². The number of hydrogen-bond acceptors (Lipinski definition) is 6. The summed E-state index contributed by atoms with van der Waals surface area (Å²) >= 11 is 3.05. The lowest BCUT2D eigenvalue weighted by atomic mass is 10.2. The van der Waals surface area contributed by atoms with Crippen LogP contribution in [-0.2, 0) is 12.8 Å². The van der Waals surface area contributed by atoms with Crippen molar-refractivity contribution in [1.29, 1.82) is 0 Å². The number of nitrogens with one attached hydrogen (secondary N) is 2. The molecule has 1 aromatic carbocycles. The van der Waals surface area contributed by atoms with Gasteiger partial charge in [0.2, 0.25) is 5.13 Å². The summed E-state index contributed by atoms with van der Waals surface area (Å²) in [6.45, 7) is 4.73. The number of aromatic nitrogens is 3. The van der Waals surface area contributed by atoms with Crippen molar-refractivity contribution in [3.05, 3.63) is 45.9 Å². The minimum Gasteiger partial charge on any atom is -0.337 e. The predicted molar refractivity (Wildman–Crippen MR) is 112 cm³/mol. The number of benzene rings is 1. The van der Waals surface area contributed by atoms with Gasteiger partial charge in [-0.3, -0.25) is 5.32 Å². The van der Waals surface area contributed by atoms with E-state index in [4.69, 9.17) is 0 Å². The molecule has 6 nitrogen and oxygen atoms in total. The predicted octanol–water partition coefficient (Wildman–Crippen LogP) is 4.68. The first-order valence-electron chi connectivity index (χ1n) is 9.02. The van der Waals surface area contributed by atoms with E-state index >= 15 is 0 Å². The highest BCUT2D eigenvalue weighted by Gasteiger charge is 2.09. The molecule has 0 radical (unpaired) electrons. The Morgan fingerprint density at radius 2 is 1.96 bits per heavy atom. The Morgan fingerprint density at radius 1 is 1.15 bits per heavy atom. The average Bonchev–Trinajstić information content (AvgIpc) is 3.30. The molecule has 8 heteroatoms. The number of thiazole rings is 1. The maximum atomic E-state index is 12.0. The van der Waals surface area contributed by atoms with Gasteiger partial charge in [0.25, 0.3) is 0 Å². The van der Waals surface area contributed by atoms with Crippen molar-refractivity contribution in [1.82, 2.24) is 20.5 Å². The molecule has 0 aliphatic heterocycles. The molecule has 2 heterocycles. The fraction of sp³-hybridized carbons (Fsp3) is 0.368. The number of nitrogens with zero attached hydrogens (tertiary/aromatic N) is 3. The van der Waals surface area contributed by atoms with E-state index in [-0.39, 0.29) is 6.03 Å². The van der Waals surface area contributed by atoms with Gasteiger partial charge in [-0.2, -0.15) is 0 Å². The number of carbonyl (C=O) groups is 1. The van der Waals surface area contributed by atoms with Crippen molar-refractivity contribution in [3.8, 4) is 10.6 Å². The second-order valence-electron chi connectivity index (χ2n) is 6.25. The molecule has 2 amide bonds. The summed E-state index contributed by atoms with van der Waals surface area (Å²) < 4.78 is 0. The van der Waals surface area contributed by atoms with Crippen LogP contribution < -0.4 is 10.6 Å². The Labute approximate surface area is 167 Å². The zero-order valence-electron chi connectivity index (χ0n) is 15.5. The zero-order valence-corrected chi connectivity index (χ0v) is 17.1. The fourth-order valence-electron chi connectivity index (χ4n) is 2.43. The third kappa shape index (κ3) is 5.83. The molecular weight excluding hydrogens is 378 g/mol. The van der Waals surface area contributed by atoms with Crippen molar-refractivity contribution < 1.29 is 4.79 Å². The van der Waals surface area contributed by atoms with Crippen LogP contribution in [0.4, 0.5) is 9.93 Å². The van der Waals surface area contributed by atoms with Crippen LogP contribution in [0.15, 0.2) is 29.6 Å². The van der Waals surface area contributed by atoms with Crippen LogP contribution in [0.3, 0.4) is 0 Å². The van der Waals surface area contributed by atoms with Gasteiger partial charge < -0.3 is 5.32 Å². The molecule has 27 heavy (non-hydrogen) atoms. The minimum atomic E-state index is -0.262. The van der Waals surface area contributed by atoms with Crippen LogP contribution >= 0.6 is 22.7 Å². The number of amides is 2. The Kier molecular flexibility index (Phi) is 6.89. The summed E-state index contributed by atoms with van der Waals surface area (Å²) in [6.07, 6.45) is 3.79. The third-order valence-corrected chi connectivity index (χ3v) is 5.79. The van der Waals surface area contributed by atoms with E-state index in [1.54, 1.807) is 11.3 Å². The van der Waals surface area contributed by atoms with Gasteiger partial charge in [-0.25, -0.2) is 9.78 Å². The molecule has 2 aromatic heterocycles. The Hall–Kier alpha value is -2.32. The zero-order chi connectivity index (χ0) is 19.1. The normalized spacial score (nSPS) is 10.7. The van der Waals surface area contributed by atoms with Crippen molar-refractivity contribution in [3.63, 3.8) is 0 Å². The second-order valence-corrected chi connectivity index (χ2v) is 8.17. The lowest BCUT2D eigenvalue weighted by Gasteiger charge is -2.03. The number of carbonyl (C=O) groups excluding carboxylic acids is 1. The fourth-order valence-corrected chi connectivity index (χ4v) is 4.07. The lowest BCUT2D eigenvalue weighted by Crippen LogP contribution is -2.30. The van der Waals surface area contributed by atoms with Crippen molar-refractivity contribution in [2.45, 2.75) is 39.5 Å². The molecule has 2 N–H and O–H groups in total. The van der Waals surface area contributed by atoms with Gasteiger partial charge in [0.05, 0.1) is 5.69 Å². The number of urea groups is 1. The first-order chi connectivity index (χ1) is 13.1. The van der Waals surface area contributed by atoms with Gasteiger partial charge in [-0.05, 0) is 13.3 Å². The summed E-state index contributed by atoms with van der Waals surface area (Å²) in [5, 5.41) is 18.2. The average molecular weight is 402 g/mol. The largest absolute Gasteiger partial charge is 0.337 e. The SMILES string of the molecule is CCCCc1nnc(NC(=O)NCCc2csc(-c3ccc(C)cc3)n2)s1. The molecule has 0 bridgehead atoms. The number of anilines is 1. The lowest BCUT2D eigenvalue weighted by molar-refractivity contribution is 0.252. The van der Waals surface area contributed by atoms with Gasteiger partial charge in [-0.1, -0.05) is 54.5 Å². The van der Waals surface area contributed by atoms with Crippen LogP contribution in [0.25, 0.3) is 10.6 Å². The standard InChI is InChI=1S/C19H23N5OS2/c1-3-4-5-16-23-24-19(27-16)22-18(25)20-11-10-15-12-26-17(21-15)14-8-6-13(2)7-9-14/h6-9,12H,3-5,10-11H2,1-2H3,(H2,20,22,24,25). The second kappa shape index (κ2) is 9.57. The van der Waals surface area contributed by atoms with E-state index < -0.39 is 0 Å². The molecule has 0 fully saturated rings. The van der Waals surface area contributed by atoms with E-state index in [0.717, 1.165) is 40.5 Å². The Balaban J connectivity index is 1.43. The van der Waals surface area contributed by atoms with Crippen molar-refractivity contribution >= 4 is 33.8 Å². The summed E-state index contributed by atoms with van der Waals surface area (Å²) in [5.74, 6) is 0. The molecule has 0 atom stereocenters. The minimum absolute atomic E-state index is 0.262. The van der Waals surface area contributed by atoms with Gasteiger partial charge in [0.15, 0.2) is 0 Å². The summed E-state index contributed by atoms with van der Waals surface area (Å²) in [6, 6.07) is 8.08.